The third-order valence-corrected chi connectivity index (χ3v) is 4.22. The van der Waals surface area contributed by atoms with Crippen LogP contribution in [-0.4, -0.2) is 41.6 Å². The quantitative estimate of drug-likeness (QED) is 0.743. The van der Waals surface area contributed by atoms with E-state index in [0.717, 1.165) is 13.0 Å². The number of nitrogens with two attached hydrogens (primary N) is 1. The van der Waals surface area contributed by atoms with Crippen molar-refractivity contribution >= 4 is 12.0 Å². The van der Waals surface area contributed by atoms with Gasteiger partial charge in [-0.05, 0) is 45.0 Å². The molecule has 3 rings (SSSR count). The Kier molecular flexibility index (Phi) is 3.21. The molecule has 0 radical (unpaired) electrons. The van der Waals surface area contributed by atoms with Gasteiger partial charge in [0.1, 0.15) is 11.4 Å². The number of piperidine rings is 1. The van der Waals surface area contributed by atoms with Crippen molar-refractivity contribution in [3.05, 3.63) is 27.7 Å². The first-order chi connectivity index (χ1) is 10.3. The zero-order valence-electron chi connectivity index (χ0n) is 12.5. The van der Waals surface area contributed by atoms with Crippen molar-refractivity contribution in [2.24, 2.45) is 5.73 Å². The number of hydrogen-bond acceptors (Lipinski definition) is 5. The number of carbonyl (C=O) groups excluding carboxylic acids is 2. The van der Waals surface area contributed by atoms with Gasteiger partial charge in [-0.2, -0.15) is 0 Å². The summed E-state index contributed by atoms with van der Waals surface area (Å²) >= 11 is 0. The van der Waals surface area contributed by atoms with Gasteiger partial charge in [0.15, 0.2) is 5.75 Å². The predicted molar refractivity (Wildman–Crippen MR) is 77.8 cm³/mol. The van der Waals surface area contributed by atoms with Crippen LogP contribution in [0.4, 0.5) is 4.79 Å². The molecular weight excluding hydrogens is 288 g/mol. The van der Waals surface area contributed by atoms with Crippen molar-refractivity contribution in [1.82, 2.24) is 14.8 Å². The molecule has 3 N–H and O–H groups in total. The van der Waals surface area contributed by atoms with Gasteiger partial charge in [0.25, 0.3) is 11.5 Å². The third kappa shape index (κ3) is 2.07. The molecule has 0 saturated carbocycles. The van der Waals surface area contributed by atoms with Gasteiger partial charge in [-0.25, -0.2) is 4.79 Å². The Morgan fingerprint density at radius 2 is 2.18 bits per heavy atom. The Morgan fingerprint density at radius 1 is 1.45 bits per heavy atom. The number of ether oxygens (including phenoxy) is 1. The molecule has 0 aromatic carbocycles. The van der Waals surface area contributed by atoms with E-state index in [9.17, 15) is 14.4 Å². The van der Waals surface area contributed by atoms with Gasteiger partial charge >= 0.3 is 6.09 Å². The lowest BCUT2D eigenvalue weighted by Crippen LogP contribution is -2.57. The van der Waals surface area contributed by atoms with Crippen molar-refractivity contribution in [2.75, 3.05) is 20.1 Å². The summed E-state index contributed by atoms with van der Waals surface area (Å²) in [6.45, 7) is 3.12. The van der Waals surface area contributed by atoms with Crippen LogP contribution in [-0.2, 0) is 5.66 Å². The number of amides is 2. The zero-order valence-corrected chi connectivity index (χ0v) is 12.5. The number of pyridine rings is 1. The molecule has 3 heterocycles. The van der Waals surface area contributed by atoms with Crippen LogP contribution in [0, 0.1) is 6.92 Å². The van der Waals surface area contributed by atoms with Crippen molar-refractivity contribution in [1.29, 1.82) is 0 Å². The van der Waals surface area contributed by atoms with Gasteiger partial charge in [-0.15, -0.1) is 0 Å². The Labute approximate surface area is 126 Å². The van der Waals surface area contributed by atoms with Crippen LogP contribution in [0.3, 0.4) is 0 Å². The van der Waals surface area contributed by atoms with Crippen LogP contribution in [0.15, 0.2) is 10.9 Å². The van der Waals surface area contributed by atoms with Gasteiger partial charge in [0, 0.05) is 6.54 Å². The summed E-state index contributed by atoms with van der Waals surface area (Å²) < 4.78 is 6.23. The van der Waals surface area contributed by atoms with Crippen molar-refractivity contribution in [3.8, 4) is 5.75 Å². The summed E-state index contributed by atoms with van der Waals surface area (Å²) in [5.41, 5.74) is 4.58. The van der Waals surface area contributed by atoms with Crippen LogP contribution in [0.25, 0.3) is 0 Å². The second kappa shape index (κ2) is 4.84. The van der Waals surface area contributed by atoms with Gasteiger partial charge < -0.3 is 20.7 Å². The fraction of sp³-hybridized carbons (Fsp3) is 0.500. The number of fused-ring (bicyclic) bond motifs is 2. The highest BCUT2D eigenvalue weighted by Gasteiger charge is 2.46. The first-order valence-corrected chi connectivity index (χ1v) is 7.09. The second-order valence-electron chi connectivity index (χ2n) is 5.93. The van der Waals surface area contributed by atoms with E-state index in [4.69, 9.17) is 10.5 Å². The van der Waals surface area contributed by atoms with Crippen molar-refractivity contribution < 1.29 is 14.3 Å². The summed E-state index contributed by atoms with van der Waals surface area (Å²) in [6, 6.07) is 1.38. The number of hydrogen-bond donors (Lipinski definition) is 2. The molecule has 118 valence electrons. The summed E-state index contributed by atoms with van der Waals surface area (Å²) in [5.74, 6) is -0.437. The van der Waals surface area contributed by atoms with Gasteiger partial charge in [-0.1, -0.05) is 0 Å². The zero-order chi connectivity index (χ0) is 16.1. The lowest BCUT2D eigenvalue weighted by atomic mass is 9.98. The van der Waals surface area contributed by atoms with Gasteiger partial charge in [0.05, 0.1) is 0 Å². The van der Waals surface area contributed by atoms with E-state index in [1.54, 1.807) is 6.92 Å². The summed E-state index contributed by atoms with van der Waals surface area (Å²) in [7, 11) is 1.94. The van der Waals surface area contributed by atoms with E-state index in [0.29, 0.717) is 24.2 Å². The fourth-order valence-electron chi connectivity index (χ4n) is 3.44. The molecule has 0 bridgehead atoms. The number of likely N-dealkylation sites (N-methyl/N-ethyl adjacent to an activating group) is 1. The summed E-state index contributed by atoms with van der Waals surface area (Å²) in [4.78, 5) is 38.1. The Morgan fingerprint density at radius 3 is 2.82 bits per heavy atom. The number of primary amides is 1. The number of carbonyl (C=O) groups is 2. The fourth-order valence-corrected chi connectivity index (χ4v) is 3.44. The maximum absolute atomic E-state index is 12.7. The second-order valence-corrected chi connectivity index (χ2v) is 5.93. The third-order valence-electron chi connectivity index (χ3n) is 4.22. The predicted octanol–water partition coefficient (Wildman–Crippen LogP) is -0.264. The van der Waals surface area contributed by atoms with Gasteiger partial charge in [0.2, 0.25) is 0 Å². The van der Waals surface area contributed by atoms with Crippen LogP contribution >= 0.6 is 0 Å². The highest BCUT2D eigenvalue weighted by Crippen LogP contribution is 2.32. The smallest absolute Gasteiger partial charge is 0.405 e. The van der Waals surface area contributed by atoms with E-state index in [1.807, 2.05) is 7.05 Å². The molecule has 1 fully saturated rings. The van der Waals surface area contributed by atoms with Gasteiger partial charge in [-0.3, -0.25) is 14.2 Å². The van der Waals surface area contributed by atoms with E-state index in [2.05, 4.69) is 10.2 Å². The molecule has 1 aromatic rings. The molecule has 2 amide bonds. The molecule has 0 aliphatic carbocycles. The first-order valence-electron chi connectivity index (χ1n) is 7.09. The Balaban J connectivity index is 2.21. The van der Waals surface area contributed by atoms with Crippen LogP contribution in [0.5, 0.6) is 5.75 Å². The molecule has 1 unspecified atom stereocenters. The van der Waals surface area contributed by atoms with E-state index < -0.39 is 17.3 Å². The normalized spacial score (nSPS) is 24.2. The molecule has 2 aliphatic heterocycles. The number of nitrogens with zero attached hydrogens (tertiary/aromatic N) is 2. The monoisotopic (exact) mass is 306 g/mol. The number of aryl methyl sites for hydroxylation is 1. The van der Waals surface area contributed by atoms with E-state index in [1.165, 1.54) is 10.6 Å². The van der Waals surface area contributed by atoms with Crippen LogP contribution in [0.2, 0.25) is 0 Å². The molecule has 8 heteroatoms. The minimum atomic E-state index is -1.05. The van der Waals surface area contributed by atoms with Crippen molar-refractivity contribution in [2.45, 2.75) is 25.4 Å². The first kappa shape index (κ1) is 14.6. The molecule has 8 nitrogen and oxygen atoms in total. The average Bonchev–Trinajstić information content (AvgIpc) is 2.67. The molecule has 22 heavy (non-hydrogen) atoms. The maximum Gasteiger partial charge on any atom is 0.410 e. The summed E-state index contributed by atoms with van der Waals surface area (Å²) in [5, 5.41) is 2.94. The largest absolute Gasteiger partial charge is 0.410 e. The minimum absolute atomic E-state index is 0.155. The topological polar surface area (TPSA) is 107 Å². The van der Waals surface area contributed by atoms with Crippen LogP contribution in [0.1, 0.15) is 28.9 Å². The SMILES string of the molecule is Cc1cc(OC(N)=O)c(=O)n2c1C(=O)NC21CCCN(C)C1. The Bertz CT molecular complexity index is 726. The molecular formula is C14H18N4O4. The molecule has 1 atom stereocenters. The summed E-state index contributed by atoms with van der Waals surface area (Å²) in [6.07, 6.45) is 0.446. The highest BCUT2D eigenvalue weighted by molar-refractivity contribution is 5.96. The number of aromatic nitrogens is 1. The Hall–Kier alpha value is -2.35. The standard InChI is InChI=1S/C14H18N4O4/c1-8-6-9(22-13(15)21)12(20)18-10(8)11(19)16-14(18)4-3-5-17(2)7-14/h6H,3-5,7H2,1-2H3,(H2,15,21)(H,16,19). The number of nitrogens with one attached hydrogen (secondary N) is 1. The maximum atomic E-state index is 12.7. The van der Waals surface area contributed by atoms with E-state index >= 15 is 0 Å². The number of likely N-dealkylation sites (tertiary alicyclic amines) is 1. The highest BCUT2D eigenvalue weighted by atomic mass is 16.5. The van der Waals surface area contributed by atoms with Crippen LogP contribution < -0.4 is 21.3 Å². The molecule has 1 aromatic heterocycles. The van der Waals surface area contributed by atoms with E-state index in [-0.39, 0.29) is 11.7 Å². The lowest BCUT2D eigenvalue weighted by molar-refractivity contribution is 0.0752. The molecule has 2 aliphatic rings. The minimum Gasteiger partial charge on any atom is -0.405 e. The van der Waals surface area contributed by atoms with Crippen molar-refractivity contribution in [3.63, 3.8) is 0 Å². The number of rotatable bonds is 1. The molecule has 1 spiro atoms. The lowest BCUT2D eigenvalue weighted by Gasteiger charge is -2.39. The average molecular weight is 306 g/mol. The molecule has 1 saturated heterocycles.